The van der Waals surface area contributed by atoms with E-state index < -0.39 is 12.0 Å². The van der Waals surface area contributed by atoms with E-state index in [1.165, 1.54) is 10.5 Å². The van der Waals surface area contributed by atoms with E-state index in [0.29, 0.717) is 28.3 Å². The smallest absolute Gasteiger partial charge is 0.338 e. The second-order valence-corrected chi connectivity index (χ2v) is 7.12. The molecule has 0 spiro atoms. The number of nitrogens with one attached hydrogen (secondary N) is 2. The number of aryl methyl sites for hydroxylation is 1. The standard InChI is InChI=1S/C24H20N4O4/c1-16-7-12-21-25-20(13-22(29)28(21)14-16)15-32-23(30)17-8-10-19(11-9-17)27-24(31)26-18-5-3-2-4-6-18/h2-14H,15H2,1H3,(H2,26,27,31). The summed E-state index contributed by atoms with van der Waals surface area (Å²) in [5.41, 5.74) is 3.05. The molecule has 4 rings (SSSR count). The molecule has 4 aromatic rings. The normalized spacial score (nSPS) is 10.5. The van der Waals surface area contributed by atoms with Crippen molar-refractivity contribution in [1.82, 2.24) is 9.38 Å². The molecule has 8 heteroatoms. The lowest BCUT2D eigenvalue weighted by atomic mass is 10.2. The lowest BCUT2D eigenvalue weighted by Gasteiger charge is -2.09. The number of esters is 1. The maximum atomic E-state index is 12.4. The van der Waals surface area contributed by atoms with E-state index >= 15 is 0 Å². The van der Waals surface area contributed by atoms with Crippen LogP contribution in [0, 0.1) is 6.92 Å². The number of anilines is 2. The number of urea groups is 1. The van der Waals surface area contributed by atoms with Gasteiger partial charge >= 0.3 is 12.0 Å². The minimum absolute atomic E-state index is 0.127. The molecule has 2 heterocycles. The molecule has 2 aromatic heterocycles. The largest absolute Gasteiger partial charge is 0.456 e. The fourth-order valence-corrected chi connectivity index (χ4v) is 3.06. The number of benzene rings is 2. The van der Waals surface area contributed by atoms with E-state index in [1.807, 2.05) is 31.2 Å². The van der Waals surface area contributed by atoms with Crippen molar-refractivity contribution in [3.05, 3.63) is 106 Å². The Labute approximate surface area is 183 Å². The third-order valence-corrected chi connectivity index (χ3v) is 4.62. The topological polar surface area (TPSA) is 102 Å². The second-order valence-electron chi connectivity index (χ2n) is 7.12. The zero-order valence-corrected chi connectivity index (χ0v) is 17.2. The number of pyridine rings is 1. The summed E-state index contributed by atoms with van der Waals surface area (Å²) in [4.78, 5) is 41.0. The highest BCUT2D eigenvalue weighted by Gasteiger charge is 2.10. The van der Waals surface area contributed by atoms with E-state index in [4.69, 9.17) is 4.74 Å². The van der Waals surface area contributed by atoms with Crippen molar-refractivity contribution >= 4 is 29.0 Å². The second kappa shape index (κ2) is 9.13. The van der Waals surface area contributed by atoms with Crippen LogP contribution in [-0.2, 0) is 11.3 Å². The van der Waals surface area contributed by atoms with Gasteiger partial charge in [-0.2, -0.15) is 0 Å². The molecule has 2 amide bonds. The van der Waals surface area contributed by atoms with Crippen LogP contribution >= 0.6 is 0 Å². The number of carbonyl (C=O) groups excluding carboxylic acids is 2. The molecular formula is C24H20N4O4. The van der Waals surface area contributed by atoms with E-state index in [0.717, 1.165) is 5.56 Å². The summed E-state index contributed by atoms with van der Waals surface area (Å²) in [5.74, 6) is -0.559. The Kier molecular flexibility index (Phi) is 5.94. The van der Waals surface area contributed by atoms with Crippen LogP contribution in [0.3, 0.4) is 0 Å². The minimum Gasteiger partial charge on any atom is -0.456 e. The van der Waals surface area contributed by atoms with Crippen LogP contribution in [0.15, 0.2) is 83.8 Å². The molecule has 2 N–H and O–H groups in total. The first kappa shape index (κ1) is 20.8. The monoisotopic (exact) mass is 428 g/mol. The van der Waals surface area contributed by atoms with Crippen LogP contribution in [0.5, 0.6) is 0 Å². The molecule has 160 valence electrons. The molecule has 0 unspecified atom stereocenters. The predicted molar refractivity (Wildman–Crippen MR) is 121 cm³/mol. The highest BCUT2D eigenvalue weighted by atomic mass is 16.5. The first-order chi connectivity index (χ1) is 15.5. The molecule has 0 bridgehead atoms. The van der Waals surface area contributed by atoms with Gasteiger partial charge in [0.15, 0.2) is 0 Å². The molecule has 0 radical (unpaired) electrons. The zero-order valence-electron chi connectivity index (χ0n) is 17.2. The maximum Gasteiger partial charge on any atom is 0.338 e. The van der Waals surface area contributed by atoms with Crippen molar-refractivity contribution in [3.8, 4) is 0 Å². The Bertz CT molecular complexity index is 1330. The fraction of sp³-hybridized carbons (Fsp3) is 0.0833. The average Bonchev–Trinajstić information content (AvgIpc) is 2.79. The number of rotatable bonds is 5. The van der Waals surface area contributed by atoms with Crippen molar-refractivity contribution < 1.29 is 14.3 Å². The summed E-state index contributed by atoms with van der Waals surface area (Å²) in [7, 11) is 0. The van der Waals surface area contributed by atoms with Crippen LogP contribution in [-0.4, -0.2) is 21.4 Å². The van der Waals surface area contributed by atoms with Gasteiger partial charge in [0.1, 0.15) is 12.3 Å². The van der Waals surface area contributed by atoms with Crippen LogP contribution in [0.25, 0.3) is 5.65 Å². The molecule has 0 fully saturated rings. The first-order valence-electron chi connectivity index (χ1n) is 9.87. The third-order valence-electron chi connectivity index (χ3n) is 4.62. The van der Waals surface area contributed by atoms with Gasteiger partial charge in [-0.15, -0.1) is 0 Å². The molecule has 0 saturated heterocycles. The van der Waals surface area contributed by atoms with Crippen molar-refractivity contribution in [2.24, 2.45) is 0 Å². The number of hydrogen-bond acceptors (Lipinski definition) is 5. The van der Waals surface area contributed by atoms with Gasteiger partial charge < -0.3 is 15.4 Å². The van der Waals surface area contributed by atoms with Gasteiger partial charge in [-0.1, -0.05) is 24.3 Å². The number of ether oxygens (including phenoxy) is 1. The van der Waals surface area contributed by atoms with Crippen LogP contribution in [0.1, 0.15) is 21.6 Å². The van der Waals surface area contributed by atoms with Gasteiger partial charge in [-0.25, -0.2) is 14.6 Å². The van der Waals surface area contributed by atoms with E-state index in [2.05, 4.69) is 15.6 Å². The molecule has 0 aliphatic heterocycles. The molecule has 0 aliphatic carbocycles. The number of aromatic nitrogens is 2. The van der Waals surface area contributed by atoms with Gasteiger partial charge in [0.25, 0.3) is 5.56 Å². The lowest BCUT2D eigenvalue weighted by molar-refractivity contribution is 0.0467. The van der Waals surface area contributed by atoms with Crippen LogP contribution < -0.4 is 16.2 Å². The number of carbonyl (C=O) groups is 2. The van der Waals surface area contributed by atoms with Crippen molar-refractivity contribution in [2.45, 2.75) is 13.5 Å². The summed E-state index contributed by atoms with van der Waals surface area (Å²) < 4.78 is 6.74. The summed E-state index contributed by atoms with van der Waals surface area (Å²) in [6, 6.07) is 19.9. The lowest BCUT2D eigenvalue weighted by Crippen LogP contribution is -2.19. The summed E-state index contributed by atoms with van der Waals surface area (Å²) in [5, 5.41) is 5.40. The quantitative estimate of drug-likeness (QED) is 0.468. The molecule has 8 nitrogen and oxygen atoms in total. The Hall–Kier alpha value is -4.46. The first-order valence-corrected chi connectivity index (χ1v) is 9.87. The van der Waals surface area contributed by atoms with Crippen molar-refractivity contribution in [3.63, 3.8) is 0 Å². The summed E-state index contributed by atoms with van der Waals surface area (Å²) in [6.45, 7) is 1.76. The predicted octanol–water partition coefficient (Wildman–Crippen LogP) is 4.00. The molecule has 2 aromatic carbocycles. The van der Waals surface area contributed by atoms with Gasteiger partial charge in [0, 0.05) is 23.6 Å². The van der Waals surface area contributed by atoms with E-state index in [9.17, 15) is 14.4 Å². The number of para-hydroxylation sites is 1. The van der Waals surface area contributed by atoms with Crippen LogP contribution in [0.4, 0.5) is 16.2 Å². The van der Waals surface area contributed by atoms with Gasteiger partial charge in [0.05, 0.1) is 11.3 Å². The number of hydrogen-bond donors (Lipinski definition) is 2. The Morgan fingerprint density at radius 3 is 2.34 bits per heavy atom. The van der Waals surface area contributed by atoms with Crippen LogP contribution in [0.2, 0.25) is 0 Å². The highest BCUT2D eigenvalue weighted by Crippen LogP contribution is 2.13. The third kappa shape index (κ3) is 4.99. The SMILES string of the molecule is Cc1ccc2nc(COC(=O)c3ccc(NC(=O)Nc4ccccc4)cc3)cc(=O)n2c1. The minimum atomic E-state index is -0.559. The summed E-state index contributed by atoms with van der Waals surface area (Å²) in [6.07, 6.45) is 1.70. The molecule has 0 aliphatic rings. The van der Waals surface area contributed by atoms with E-state index in [-0.39, 0.29) is 12.2 Å². The number of nitrogens with zero attached hydrogens (tertiary/aromatic N) is 2. The maximum absolute atomic E-state index is 12.4. The fourth-order valence-electron chi connectivity index (χ4n) is 3.06. The van der Waals surface area contributed by atoms with Gasteiger partial charge in [-0.05, 0) is 55.0 Å². The highest BCUT2D eigenvalue weighted by molar-refractivity contribution is 6.00. The Morgan fingerprint density at radius 1 is 0.938 bits per heavy atom. The molecule has 32 heavy (non-hydrogen) atoms. The average molecular weight is 428 g/mol. The molecule has 0 saturated carbocycles. The number of amides is 2. The molecular weight excluding hydrogens is 408 g/mol. The van der Waals surface area contributed by atoms with Gasteiger partial charge in [0.2, 0.25) is 0 Å². The van der Waals surface area contributed by atoms with E-state index in [1.54, 1.807) is 48.7 Å². The zero-order chi connectivity index (χ0) is 22.5. The Balaban J connectivity index is 1.36. The van der Waals surface area contributed by atoms with Gasteiger partial charge in [-0.3, -0.25) is 9.20 Å². The number of fused-ring (bicyclic) bond motifs is 1. The van der Waals surface area contributed by atoms with Crippen molar-refractivity contribution in [1.29, 1.82) is 0 Å². The molecule has 0 atom stereocenters. The summed E-state index contributed by atoms with van der Waals surface area (Å²) >= 11 is 0. The van der Waals surface area contributed by atoms with Crippen molar-refractivity contribution in [2.75, 3.05) is 10.6 Å². The Morgan fingerprint density at radius 2 is 1.62 bits per heavy atom.